The fourth-order valence-corrected chi connectivity index (χ4v) is 4.48. The minimum Gasteiger partial charge on any atom is -0.370 e. The molecule has 4 rings (SSSR count). The van der Waals surface area contributed by atoms with E-state index in [9.17, 15) is 4.79 Å². The summed E-state index contributed by atoms with van der Waals surface area (Å²) < 4.78 is 6.43. The number of nitrogens with one attached hydrogen (secondary N) is 1. The Kier molecular flexibility index (Phi) is 6.48. The molecule has 1 amide bonds. The molecule has 29 heavy (non-hydrogen) atoms. The molecule has 2 aliphatic heterocycles. The van der Waals surface area contributed by atoms with E-state index in [0.717, 1.165) is 50.9 Å². The van der Waals surface area contributed by atoms with Crippen molar-refractivity contribution in [3.05, 3.63) is 64.9 Å². The molecule has 6 heteroatoms. The van der Waals surface area contributed by atoms with Gasteiger partial charge < -0.3 is 10.1 Å². The summed E-state index contributed by atoms with van der Waals surface area (Å²) in [5.74, 6) is 0.0307. The highest BCUT2D eigenvalue weighted by atomic mass is 35.5. The maximum absolute atomic E-state index is 12.2. The lowest BCUT2D eigenvalue weighted by Gasteiger charge is -2.39. The third kappa shape index (κ3) is 5.56. The van der Waals surface area contributed by atoms with E-state index in [-0.39, 0.29) is 17.6 Å². The number of likely N-dealkylation sites (tertiary alicyclic amines) is 1. The van der Waals surface area contributed by atoms with Crippen molar-refractivity contribution < 1.29 is 9.53 Å². The van der Waals surface area contributed by atoms with Gasteiger partial charge in [0.05, 0.1) is 18.1 Å². The number of rotatable bonds is 6. The van der Waals surface area contributed by atoms with Crippen LogP contribution in [-0.2, 0) is 22.5 Å². The van der Waals surface area contributed by atoms with Gasteiger partial charge in [-0.15, -0.1) is 0 Å². The van der Waals surface area contributed by atoms with E-state index in [4.69, 9.17) is 16.3 Å². The van der Waals surface area contributed by atoms with Gasteiger partial charge in [0.2, 0.25) is 5.91 Å². The van der Waals surface area contributed by atoms with E-state index in [0.29, 0.717) is 18.0 Å². The Balaban J connectivity index is 1.19. The molecule has 1 spiro atoms. The largest absolute Gasteiger partial charge is 0.370 e. The van der Waals surface area contributed by atoms with Crippen LogP contribution in [0, 0.1) is 0 Å². The Hall–Kier alpha value is -1.95. The highest BCUT2D eigenvalue weighted by Gasteiger charge is 2.42. The first-order valence-electron chi connectivity index (χ1n) is 10.4. The second-order valence-electron chi connectivity index (χ2n) is 8.21. The molecule has 5 nitrogen and oxygen atoms in total. The number of halogens is 1. The van der Waals surface area contributed by atoms with Gasteiger partial charge in [0.15, 0.2) is 0 Å². The van der Waals surface area contributed by atoms with Crippen molar-refractivity contribution in [2.45, 2.75) is 50.4 Å². The molecule has 1 unspecified atom stereocenters. The minimum absolute atomic E-state index is 0.00297. The van der Waals surface area contributed by atoms with Gasteiger partial charge in [-0.25, -0.2) is 0 Å². The van der Waals surface area contributed by atoms with Crippen LogP contribution < -0.4 is 5.32 Å². The summed E-state index contributed by atoms with van der Waals surface area (Å²) >= 11 is 5.89. The van der Waals surface area contributed by atoms with Gasteiger partial charge in [-0.05, 0) is 55.0 Å². The van der Waals surface area contributed by atoms with Crippen LogP contribution >= 0.6 is 11.6 Å². The second kappa shape index (κ2) is 9.24. The lowest BCUT2D eigenvalue weighted by atomic mass is 9.88. The Morgan fingerprint density at radius 3 is 2.69 bits per heavy atom. The lowest BCUT2D eigenvalue weighted by Crippen LogP contribution is -2.45. The van der Waals surface area contributed by atoms with Crippen molar-refractivity contribution in [3.8, 4) is 0 Å². The minimum atomic E-state index is -0.00297. The first-order valence-corrected chi connectivity index (χ1v) is 10.8. The summed E-state index contributed by atoms with van der Waals surface area (Å²) in [5, 5.41) is 3.72. The van der Waals surface area contributed by atoms with Crippen molar-refractivity contribution in [2.24, 2.45) is 0 Å². The number of piperidine rings is 1. The van der Waals surface area contributed by atoms with Crippen molar-refractivity contribution in [1.29, 1.82) is 0 Å². The molecule has 2 saturated heterocycles. The summed E-state index contributed by atoms with van der Waals surface area (Å²) in [6.07, 6.45) is 8.47. The maximum Gasteiger partial charge on any atom is 0.224 e. The quantitative estimate of drug-likeness (QED) is 0.786. The summed E-state index contributed by atoms with van der Waals surface area (Å²) in [7, 11) is 0. The average Bonchev–Trinajstić information content (AvgIpc) is 3.14. The number of amides is 1. The topological polar surface area (TPSA) is 54.5 Å². The van der Waals surface area contributed by atoms with Gasteiger partial charge in [0, 0.05) is 43.6 Å². The van der Waals surface area contributed by atoms with Crippen molar-refractivity contribution in [1.82, 2.24) is 15.2 Å². The molecular formula is C23H28ClN3O2. The number of nitrogens with zero attached hydrogens (tertiary/aromatic N) is 2. The Labute approximate surface area is 177 Å². The smallest absolute Gasteiger partial charge is 0.224 e. The molecule has 2 aromatic rings. The molecule has 2 fully saturated rings. The molecule has 1 aromatic heterocycles. The monoisotopic (exact) mass is 413 g/mol. The van der Waals surface area contributed by atoms with Crippen LogP contribution in [0.3, 0.4) is 0 Å². The molecule has 0 radical (unpaired) electrons. The van der Waals surface area contributed by atoms with Gasteiger partial charge in [0.1, 0.15) is 0 Å². The van der Waals surface area contributed by atoms with E-state index in [1.54, 1.807) is 0 Å². The van der Waals surface area contributed by atoms with Crippen LogP contribution in [0.2, 0.25) is 5.02 Å². The number of pyridine rings is 1. The Morgan fingerprint density at radius 1 is 1.17 bits per heavy atom. The summed E-state index contributed by atoms with van der Waals surface area (Å²) in [6.45, 7) is 3.64. The molecule has 3 heterocycles. The highest BCUT2D eigenvalue weighted by molar-refractivity contribution is 6.30. The molecule has 1 N–H and O–H groups in total. The summed E-state index contributed by atoms with van der Waals surface area (Å²) in [4.78, 5) is 18.9. The number of carbonyl (C=O) groups is 1. The van der Waals surface area contributed by atoms with Crippen molar-refractivity contribution in [3.63, 3.8) is 0 Å². The standard InChI is InChI=1S/C23H28ClN3O2/c24-20-5-3-18(4-6-20)14-22(28)26-16-21-7-8-23(29-21)9-12-27(13-10-23)17-19-2-1-11-25-15-19/h1-6,11,15,21H,7-10,12-14,16-17H2,(H,26,28). The van der Waals surface area contributed by atoms with Gasteiger partial charge >= 0.3 is 0 Å². The van der Waals surface area contributed by atoms with Crippen molar-refractivity contribution in [2.75, 3.05) is 19.6 Å². The normalized spacial score (nSPS) is 21.3. The summed E-state index contributed by atoms with van der Waals surface area (Å²) in [6, 6.07) is 11.5. The molecule has 0 bridgehead atoms. The summed E-state index contributed by atoms with van der Waals surface area (Å²) in [5.41, 5.74) is 2.23. The van der Waals surface area contributed by atoms with Crippen LogP contribution in [0.5, 0.6) is 0 Å². The lowest BCUT2D eigenvalue weighted by molar-refractivity contribution is -0.122. The number of aromatic nitrogens is 1. The van der Waals surface area contributed by atoms with Crippen LogP contribution in [-0.4, -0.2) is 47.1 Å². The molecule has 1 aromatic carbocycles. The average molecular weight is 414 g/mol. The number of ether oxygens (including phenoxy) is 1. The molecule has 0 saturated carbocycles. The zero-order valence-corrected chi connectivity index (χ0v) is 17.4. The first kappa shape index (κ1) is 20.3. The van der Waals surface area contributed by atoms with Crippen LogP contribution in [0.15, 0.2) is 48.8 Å². The number of carbonyl (C=O) groups excluding carboxylic acids is 1. The zero-order valence-electron chi connectivity index (χ0n) is 16.6. The predicted molar refractivity (Wildman–Crippen MR) is 114 cm³/mol. The number of benzene rings is 1. The van der Waals surface area contributed by atoms with Gasteiger partial charge in [-0.2, -0.15) is 0 Å². The number of hydrogen-bond acceptors (Lipinski definition) is 4. The van der Waals surface area contributed by atoms with Crippen LogP contribution in [0.25, 0.3) is 0 Å². The van der Waals surface area contributed by atoms with Crippen LogP contribution in [0.4, 0.5) is 0 Å². The number of hydrogen-bond donors (Lipinski definition) is 1. The van der Waals surface area contributed by atoms with E-state index >= 15 is 0 Å². The SMILES string of the molecule is O=C(Cc1ccc(Cl)cc1)NCC1CCC2(CCN(Cc3cccnc3)CC2)O1. The predicted octanol–water partition coefficient (Wildman–Crippen LogP) is 3.61. The van der Waals surface area contributed by atoms with E-state index in [1.165, 1.54) is 5.56 Å². The highest BCUT2D eigenvalue weighted by Crippen LogP contribution is 2.39. The Morgan fingerprint density at radius 2 is 1.97 bits per heavy atom. The van der Waals surface area contributed by atoms with Crippen LogP contribution in [0.1, 0.15) is 36.8 Å². The molecule has 2 aliphatic rings. The Bertz CT molecular complexity index is 805. The molecule has 0 aliphatic carbocycles. The molecule has 154 valence electrons. The van der Waals surface area contributed by atoms with Gasteiger partial charge in [-0.3, -0.25) is 14.7 Å². The van der Waals surface area contributed by atoms with Crippen molar-refractivity contribution >= 4 is 17.5 Å². The van der Waals surface area contributed by atoms with Gasteiger partial charge in [-0.1, -0.05) is 29.8 Å². The second-order valence-corrected chi connectivity index (χ2v) is 8.64. The zero-order chi connectivity index (χ0) is 20.1. The first-order chi connectivity index (χ1) is 14.1. The van der Waals surface area contributed by atoms with Gasteiger partial charge in [0.25, 0.3) is 0 Å². The third-order valence-corrected chi connectivity index (χ3v) is 6.29. The van der Waals surface area contributed by atoms with E-state index < -0.39 is 0 Å². The van der Waals surface area contributed by atoms with E-state index in [2.05, 4.69) is 21.3 Å². The maximum atomic E-state index is 12.2. The third-order valence-electron chi connectivity index (χ3n) is 6.04. The molecular weight excluding hydrogens is 386 g/mol. The fraction of sp³-hybridized carbons (Fsp3) is 0.478. The molecule has 1 atom stereocenters. The fourth-order valence-electron chi connectivity index (χ4n) is 4.35. The van der Waals surface area contributed by atoms with E-state index in [1.807, 2.05) is 42.7 Å².